The van der Waals surface area contributed by atoms with Crippen molar-refractivity contribution in [3.63, 3.8) is 0 Å². The minimum absolute atomic E-state index is 0.729. The zero-order valence-electron chi connectivity index (χ0n) is 2.19. The molecule has 0 aliphatic rings. The second-order valence-corrected chi connectivity index (χ2v) is 1.54. The van der Waals surface area contributed by atoms with E-state index in [1.165, 1.54) is 22.5 Å². The van der Waals surface area contributed by atoms with Gasteiger partial charge in [0, 0.05) is 0 Å². The molecule has 0 saturated heterocycles. The molecule has 0 saturated carbocycles. The molecule has 0 aliphatic carbocycles. The van der Waals surface area contributed by atoms with Crippen LogP contribution in [0.5, 0.6) is 0 Å². The van der Waals surface area contributed by atoms with Gasteiger partial charge in [0.05, 0.1) is 0 Å². The van der Waals surface area contributed by atoms with Gasteiger partial charge in [-0.1, -0.05) is 0 Å². The fraction of sp³-hybridized carbons (Fsp3) is 0.500. The van der Waals surface area contributed by atoms with Crippen LogP contribution in [0.3, 0.4) is 0 Å². The number of aldehydes is 1. The quantitative estimate of drug-likeness (QED) is 0.384. The summed E-state index contributed by atoms with van der Waals surface area (Å²) in [6, 6.07) is 0. The van der Waals surface area contributed by atoms with Crippen LogP contribution in [0.1, 0.15) is 0 Å². The number of carbonyl (C=O) groups excluding carboxylic acids is 1. The van der Waals surface area contributed by atoms with Gasteiger partial charge in [0.15, 0.2) is 0 Å². The number of hydrogen-bond acceptors (Lipinski definition) is 1. The summed E-state index contributed by atoms with van der Waals surface area (Å²) in [5.41, 5.74) is 0. The van der Waals surface area contributed by atoms with E-state index in [1.807, 2.05) is 0 Å². The number of hydrogen-bond donors (Lipinski definition) is 0. The first-order valence-corrected chi connectivity index (χ1v) is 3.02. The molecule has 0 aromatic carbocycles. The van der Waals surface area contributed by atoms with Gasteiger partial charge in [-0.25, -0.2) is 0 Å². The minimum atomic E-state index is 0.729. The molecule has 1 nitrogen and oxygen atoms in total. The molecule has 0 aromatic heterocycles. The van der Waals surface area contributed by atoms with E-state index in [9.17, 15) is 4.79 Å². The van der Waals surface area contributed by atoms with Crippen LogP contribution in [0, 0.1) is 0 Å². The Hall–Kier alpha value is 0.469. The van der Waals surface area contributed by atoms with Crippen molar-refractivity contribution >= 4 is 28.8 Å². The molecule has 0 atom stereocenters. The predicted octanol–water partition coefficient (Wildman–Crippen LogP) is -0.228. The van der Waals surface area contributed by atoms with Gasteiger partial charge >= 0.3 is 38.0 Å². The Morgan fingerprint density at radius 3 is 2.25 bits per heavy atom. The molecule has 3 radical (unpaired) electrons. The molecule has 0 aliphatic heterocycles. The Morgan fingerprint density at radius 2 is 2.25 bits per heavy atom. The average molecular weight is 162 g/mol. The third-order valence-corrected chi connectivity index (χ3v) is 0.559. The molecule has 0 unspecified atom stereocenters. The van der Waals surface area contributed by atoms with Crippen LogP contribution in [0.4, 0.5) is 0 Å². The van der Waals surface area contributed by atoms with E-state index >= 15 is 0 Å². The van der Waals surface area contributed by atoms with Crippen molar-refractivity contribution in [2.75, 3.05) is 0 Å². The molecule has 0 fully saturated rings. The molecule has 0 heterocycles. The van der Waals surface area contributed by atoms with Crippen LogP contribution in [0.2, 0.25) is 4.44 Å². The first-order chi connectivity index (χ1) is 1.91. The molecule has 2 heteroatoms. The number of carbonyl (C=O) groups is 1. The van der Waals surface area contributed by atoms with Crippen LogP contribution >= 0.6 is 0 Å². The van der Waals surface area contributed by atoms with E-state index in [4.69, 9.17) is 0 Å². The first-order valence-electron chi connectivity index (χ1n) is 0.998. The summed E-state index contributed by atoms with van der Waals surface area (Å²) in [5.74, 6) is 0. The van der Waals surface area contributed by atoms with Crippen LogP contribution in [0.25, 0.3) is 0 Å². The van der Waals surface area contributed by atoms with Crippen molar-refractivity contribution in [3.05, 3.63) is 0 Å². The number of rotatable bonds is 1. The predicted molar refractivity (Wildman–Crippen MR) is 16.6 cm³/mol. The van der Waals surface area contributed by atoms with E-state index in [2.05, 4.69) is 0 Å². The summed E-state index contributed by atoms with van der Waals surface area (Å²) in [7, 11) is 0. The maximum atomic E-state index is 9.20. The van der Waals surface area contributed by atoms with Crippen LogP contribution < -0.4 is 0 Å². The van der Waals surface area contributed by atoms with Crippen molar-refractivity contribution in [1.29, 1.82) is 0 Å². The molecule has 0 spiro atoms. The van der Waals surface area contributed by atoms with Crippen molar-refractivity contribution in [3.8, 4) is 0 Å². The molecule has 0 aromatic rings. The van der Waals surface area contributed by atoms with Gasteiger partial charge in [-0.15, -0.1) is 0 Å². The van der Waals surface area contributed by atoms with Gasteiger partial charge in [0.2, 0.25) is 0 Å². The maximum absolute atomic E-state index is 9.20. The summed E-state index contributed by atoms with van der Waals surface area (Å²) in [6.07, 6.45) is 0.915. The monoisotopic (exact) mass is 163 g/mol. The Bertz CT molecular complexity index is 20.0. The molecule has 21 valence electrons. The average Bonchev–Trinajstić information content (AvgIpc) is 1.37. The summed E-state index contributed by atoms with van der Waals surface area (Å²) in [5, 5.41) is 0. The Morgan fingerprint density at radius 1 is 2.00 bits per heavy atom. The second kappa shape index (κ2) is 3.47. The molecule has 0 amide bonds. The second-order valence-electron chi connectivity index (χ2n) is 0.371. The molecular formula is C2H3OSn. The van der Waals surface area contributed by atoms with Crippen molar-refractivity contribution < 1.29 is 4.79 Å². The van der Waals surface area contributed by atoms with Crippen LogP contribution in [-0.2, 0) is 4.79 Å². The van der Waals surface area contributed by atoms with Crippen LogP contribution in [0.15, 0.2) is 0 Å². The van der Waals surface area contributed by atoms with Gasteiger partial charge in [-0.2, -0.15) is 0 Å². The van der Waals surface area contributed by atoms with Crippen molar-refractivity contribution in [1.82, 2.24) is 0 Å². The SMILES string of the molecule is O=C[CH2][Sn]. The van der Waals surface area contributed by atoms with Gasteiger partial charge < -0.3 is 0 Å². The molecule has 0 N–H and O–H groups in total. The zero-order chi connectivity index (χ0) is 3.41. The topological polar surface area (TPSA) is 17.1 Å². The normalized spacial score (nSPS) is 6.25. The fourth-order valence-electron chi connectivity index (χ4n) is 0. The first kappa shape index (κ1) is 4.47. The Labute approximate surface area is 38.5 Å². The van der Waals surface area contributed by atoms with Crippen molar-refractivity contribution in [2.24, 2.45) is 0 Å². The molecule has 0 rings (SSSR count). The van der Waals surface area contributed by atoms with Gasteiger partial charge in [-0.3, -0.25) is 0 Å². The summed E-state index contributed by atoms with van der Waals surface area (Å²) >= 11 is 1.30. The van der Waals surface area contributed by atoms with E-state index in [0.717, 1.165) is 10.7 Å². The molecule has 4 heavy (non-hydrogen) atoms. The third-order valence-electron chi connectivity index (χ3n) is 0.0833. The van der Waals surface area contributed by atoms with E-state index in [-0.39, 0.29) is 0 Å². The molecule has 0 bridgehead atoms. The standard InChI is InChI=1S/C2H3O.Sn/c1-2-3;/h2H,1H2;. The van der Waals surface area contributed by atoms with Crippen LogP contribution in [-0.4, -0.2) is 28.8 Å². The molecular weight excluding hydrogens is 159 g/mol. The van der Waals surface area contributed by atoms with Gasteiger partial charge in [-0.05, 0) is 0 Å². The van der Waals surface area contributed by atoms with Gasteiger partial charge in [0.25, 0.3) is 0 Å². The fourth-order valence-corrected chi connectivity index (χ4v) is 0. The van der Waals surface area contributed by atoms with Gasteiger partial charge in [0.1, 0.15) is 0 Å². The van der Waals surface area contributed by atoms with E-state index < -0.39 is 0 Å². The van der Waals surface area contributed by atoms with Crippen molar-refractivity contribution in [2.45, 2.75) is 4.44 Å². The Kier molecular flexibility index (Phi) is 3.88. The van der Waals surface area contributed by atoms with E-state index in [0.29, 0.717) is 0 Å². The summed E-state index contributed by atoms with van der Waals surface area (Å²) < 4.78 is 0.729. The Balaban J connectivity index is 2.30. The summed E-state index contributed by atoms with van der Waals surface area (Å²) in [4.78, 5) is 9.20. The summed E-state index contributed by atoms with van der Waals surface area (Å²) in [6.45, 7) is 0. The van der Waals surface area contributed by atoms with E-state index in [1.54, 1.807) is 0 Å². The zero-order valence-corrected chi connectivity index (χ0v) is 5.05. The third kappa shape index (κ3) is 2.47.